The van der Waals surface area contributed by atoms with Crippen LogP contribution in [0.4, 0.5) is 5.13 Å². The number of thiazole rings is 1. The Labute approximate surface area is 191 Å². The number of likely N-dealkylation sites (tertiary alicyclic amines) is 1. The lowest BCUT2D eigenvalue weighted by Crippen LogP contribution is -2.40. The minimum Gasteiger partial charge on any atom is -0.346 e. The molecule has 0 spiro atoms. The lowest BCUT2D eigenvalue weighted by molar-refractivity contribution is 0.175. The van der Waals surface area contributed by atoms with Crippen LogP contribution in [0, 0.1) is 6.92 Å². The van der Waals surface area contributed by atoms with Gasteiger partial charge in [0.25, 0.3) is 5.56 Å². The normalized spacial score (nSPS) is 19.9. The first-order valence-corrected chi connectivity index (χ1v) is 12.4. The summed E-state index contributed by atoms with van der Waals surface area (Å²) in [6.07, 6.45) is 5.27. The van der Waals surface area contributed by atoms with Crippen molar-refractivity contribution in [1.82, 2.24) is 19.4 Å². The maximum Gasteiger partial charge on any atom is 0.265 e. The number of aromatic nitrogens is 3. The molecule has 4 heterocycles. The van der Waals surface area contributed by atoms with E-state index in [0.717, 1.165) is 39.6 Å². The molecule has 2 saturated heterocycles. The van der Waals surface area contributed by atoms with E-state index in [1.807, 2.05) is 43.3 Å². The predicted octanol–water partition coefficient (Wildman–Crippen LogP) is 4.37. The molecular weight excluding hydrogens is 418 g/mol. The summed E-state index contributed by atoms with van der Waals surface area (Å²) in [4.78, 5) is 27.9. The van der Waals surface area contributed by atoms with Gasteiger partial charge in [0.15, 0.2) is 5.13 Å². The highest BCUT2D eigenvalue weighted by Crippen LogP contribution is 2.33. The average molecular weight is 446 g/mol. The third kappa shape index (κ3) is 3.40. The second kappa shape index (κ2) is 7.98. The van der Waals surface area contributed by atoms with Gasteiger partial charge in [-0.15, -0.1) is 0 Å². The van der Waals surface area contributed by atoms with Crippen molar-refractivity contribution in [3.8, 4) is 5.69 Å². The van der Waals surface area contributed by atoms with Crippen LogP contribution >= 0.6 is 11.3 Å². The fraction of sp³-hybridized carbons (Fsp3) is 0.400. The van der Waals surface area contributed by atoms with E-state index in [4.69, 9.17) is 4.98 Å². The lowest BCUT2D eigenvalue weighted by atomic mass is 10.1. The molecule has 0 saturated carbocycles. The van der Waals surface area contributed by atoms with Gasteiger partial charge in [0.05, 0.1) is 26.8 Å². The van der Waals surface area contributed by atoms with Crippen LogP contribution in [0.2, 0.25) is 0 Å². The highest BCUT2D eigenvalue weighted by Gasteiger charge is 2.30. The Morgan fingerprint density at radius 1 is 0.969 bits per heavy atom. The van der Waals surface area contributed by atoms with Crippen LogP contribution in [0.25, 0.3) is 26.8 Å². The van der Waals surface area contributed by atoms with Gasteiger partial charge in [0, 0.05) is 19.1 Å². The average Bonchev–Trinajstić information content (AvgIpc) is 3.47. The molecule has 6 rings (SSSR count). The van der Waals surface area contributed by atoms with Crippen molar-refractivity contribution in [1.29, 1.82) is 0 Å². The van der Waals surface area contributed by atoms with Gasteiger partial charge in [-0.05, 0) is 69.6 Å². The molecule has 0 amide bonds. The van der Waals surface area contributed by atoms with Gasteiger partial charge in [-0.25, -0.2) is 9.97 Å². The Hall–Kier alpha value is -2.77. The number of hydrogen-bond acceptors (Lipinski definition) is 6. The molecule has 6 nitrogen and oxygen atoms in total. The number of aryl methyl sites for hydroxylation is 1. The van der Waals surface area contributed by atoms with E-state index in [-0.39, 0.29) is 5.56 Å². The molecule has 2 aliphatic heterocycles. The number of para-hydroxylation sites is 1. The van der Waals surface area contributed by atoms with Gasteiger partial charge in [-0.3, -0.25) is 14.3 Å². The number of fused-ring (bicyclic) bond motifs is 2. The molecule has 1 unspecified atom stereocenters. The van der Waals surface area contributed by atoms with Gasteiger partial charge in [-0.1, -0.05) is 29.9 Å². The smallest absolute Gasteiger partial charge is 0.265 e. The molecule has 0 radical (unpaired) electrons. The Balaban J connectivity index is 1.32. The molecule has 2 aromatic heterocycles. The standard InChI is InChI=1S/C25H27N5OS/c1-17-26-21-8-4-3-7-20(21)24(31)30(17)18-9-10-22-23(15-18)32-25(27-22)29-14-11-19(16-29)28-12-5-2-6-13-28/h3-4,7-10,15,19H,2,5-6,11-14,16H2,1H3. The number of benzene rings is 2. The van der Waals surface area contributed by atoms with Crippen molar-refractivity contribution < 1.29 is 0 Å². The number of piperidine rings is 1. The Morgan fingerprint density at radius 3 is 2.69 bits per heavy atom. The fourth-order valence-electron chi connectivity index (χ4n) is 5.22. The molecule has 2 aliphatic rings. The van der Waals surface area contributed by atoms with E-state index in [0.29, 0.717) is 17.3 Å². The molecule has 2 aromatic carbocycles. The maximum atomic E-state index is 13.2. The van der Waals surface area contributed by atoms with Gasteiger partial charge in [0.2, 0.25) is 0 Å². The van der Waals surface area contributed by atoms with Crippen molar-refractivity contribution in [2.75, 3.05) is 31.1 Å². The highest BCUT2D eigenvalue weighted by molar-refractivity contribution is 7.22. The first kappa shape index (κ1) is 19.9. The van der Waals surface area contributed by atoms with Gasteiger partial charge in [0.1, 0.15) is 5.82 Å². The lowest BCUT2D eigenvalue weighted by Gasteiger charge is -2.32. The minimum atomic E-state index is -0.0268. The molecule has 2 fully saturated rings. The van der Waals surface area contributed by atoms with E-state index in [1.54, 1.807) is 15.9 Å². The third-order valence-electron chi connectivity index (χ3n) is 6.90. The van der Waals surface area contributed by atoms with Crippen LogP contribution in [0.1, 0.15) is 31.5 Å². The van der Waals surface area contributed by atoms with E-state index in [2.05, 4.69) is 20.9 Å². The largest absolute Gasteiger partial charge is 0.346 e. The Morgan fingerprint density at radius 2 is 1.81 bits per heavy atom. The summed E-state index contributed by atoms with van der Waals surface area (Å²) in [5.74, 6) is 0.696. The van der Waals surface area contributed by atoms with Crippen molar-refractivity contribution in [3.63, 3.8) is 0 Å². The fourth-order valence-corrected chi connectivity index (χ4v) is 6.25. The van der Waals surface area contributed by atoms with Crippen LogP contribution in [0.3, 0.4) is 0 Å². The quantitative estimate of drug-likeness (QED) is 0.469. The SMILES string of the molecule is Cc1nc2ccccc2c(=O)n1-c1ccc2nc(N3CCC(N4CCCCC4)C3)sc2c1. The van der Waals surface area contributed by atoms with Crippen LogP contribution in [-0.4, -0.2) is 51.7 Å². The zero-order valence-electron chi connectivity index (χ0n) is 18.3. The summed E-state index contributed by atoms with van der Waals surface area (Å²) >= 11 is 1.73. The first-order chi connectivity index (χ1) is 15.7. The van der Waals surface area contributed by atoms with E-state index < -0.39 is 0 Å². The topological polar surface area (TPSA) is 54.3 Å². The minimum absolute atomic E-state index is 0.0268. The van der Waals surface area contributed by atoms with Crippen molar-refractivity contribution in [3.05, 3.63) is 58.6 Å². The van der Waals surface area contributed by atoms with Gasteiger partial charge in [-0.2, -0.15) is 0 Å². The van der Waals surface area contributed by atoms with E-state index in [9.17, 15) is 4.79 Å². The van der Waals surface area contributed by atoms with Crippen LogP contribution < -0.4 is 10.5 Å². The van der Waals surface area contributed by atoms with Crippen molar-refractivity contribution >= 4 is 37.6 Å². The second-order valence-corrected chi connectivity index (χ2v) is 9.96. The molecule has 4 aromatic rings. The zero-order chi connectivity index (χ0) is 21.7. The summed E-state index contributed by atoms with van der Waals surface area (Å²) in [7, 11) is 0. The molecule has 32 heavy (non-hydrogen) atoms. The molecule has 7 heteroatoms. The number of rotatable bonds is 3. The molecule has 0 N–H and O–H groups in total. The third-order valence-corrected chi connectivity index (χ3v) is 7.98. The molecule has 0 aliphatic carbocycles. The van der Waals surface area contributed by atoms with Crippen molar-refractivity contribution in [2.45, 2.75) is 38.6 Å². The Kier molecular flexibility index (Phi) is 4.96. The summed E-state index contributed by atoms with van der Waals surface area (Å²) < 4.78 is 2.82. The monoisotopic (exact) mass is 445 g/mol. The summed E-state index contributed by atoms with van der Waals surface area (Å²) in [6.45, 7) is 6.52. The van der Waals surface area contributed by atoms with E-state index >= 15 is 0 Å². The maximum absolute atomic E-state index is 13.2. The molecular formula is C25H27N5OS. The summed E-state index contributed by atoms with van der Waals surface area (Å²) in [6, 6.07) is 14.3. The van der Waals surface area contributed by atoms with Crippen molar-refractivity contribution in [2.24, 2.45) is 0 Å². The predicted molar refractivity (Wildman–Crippen MR) is 131 cm³/mol. The van der Waals surface area contributed by atoms with Gasteiger partial charge >= 0.3 is 0 Å². The summed E-state index contributed by atoms with van der Waals surface area (Å²) in [5.41, 5.74) is 2.56. The van der Waals surface area contributed by atoms with E-state index in [1.165, 1.54) is 38.8 Å². The van der Waals surface area contributed by atoms with Gasteiger partial charge < -0.3 is 4.90 Å². The molecule has 1 atom stereocenters. The Bertz CT molecular complexity index is 1350. The molecule has 164 valence electrons. The zero-order valence-corrected chi connectivity index (χ0v) is 19.1. The molecule has 0 bridgehead atoms. The van der Waals surface area contributed by atoms with Crippen LogP contribution in [0.5, 0.6) is 0 Å². The number of anilines is 1. The number of hydrogen-bond donors (Lipinski definition) is 0. The first-order valence-electron chi connectivity index (χ1n) is 11.6. The van der Waals surface area contributed by atoms with Crippen LogP contribution in [-0.2, 0) is 0 Å². The number of nitrogens with zero attached hydrogens (tertiary/aromatic N) is 5. The second-order valence-electron chi connectivity index (χ2n) is 8.95. The summed E-state index contributed by atoms with van der Waals surface area (Å²) in [5, 5.41) is 1.74. The highest BCUT2D eigenvalue weighted by atomic mass is 32.1. The van der Waals surface area contributed by atoms with Crippen LogP contribution in [0.15, 0.2) is 47.3 Å².